The van der Waals surface area contributed by atoms with E-state index in [4.69, 9.17) is 5.84 Å². The van der Waals surface area contributed by atoms with Crippen LogP contribution in [0.3, 0.4) is 0 Å². The Morgan fingerprint density at radius 1 is 1.32 bits per heavy atom. The second-order valence-electron chi connectivity index (χ2n) is 3.92. The monoisotopic (exact) mass is 260 g/mol. The highest BCUT2D eigenvalue weighted by Gasteiger charge is 2.13. The molecular weight excluding hydrogens is 248 g/mol. The Balaban J connectivity index is 2.37. The van der Waals surface area contributed by atoms with Gasteiger partial charge in [-0.1, -0.05) is 12.1 Å². The second kappa shape index (κ2) is 5.32. The van der Waals surface area contributed by atoms with E-state index in [1.807, 2.05) is 0 Å². The number of aromatic nitrogens is 1. The smallest absolute Gasteiger partial charge is 0.293 e. The number of nitrogen functional groups attached to an aromatic ring is 1. The van der Waals surface area contributed by atoms with Crippen molar-refractivity contribution >= 4 is 11.4 Å². The van der Waals surface area contributed by atoms with Gasteiger partial charge in [-0.2, -0.15) is 0 Å². The average Bonchev–Trinajstić information content (AvgIpc) is 2.41. The van der Waals surface area contributed by atoms with E-state index in [2.05, 4.69) is 5.43 Å². The van der Waals surface area contributed by atoms with E-state index in [9.17, 15) is 14.9 Å². The molecule has 1 heterocycles. The van der Waals surface area contributed by atoms with Crippen LogP contribution in [0.5, 0.6) is 0 Å². The molecule has 19 heavy (non-hydrogen) atoms. The molecule has 0 atom stereocenters. The lowest BCUT2D eigenvalue weighted by Gasteiger charge is -2.07. The molecule has 0 radical (unpaired) electrons. The van der Waals surface area contributed by atoms with E-state index < -0.39 is 4.92 Å². The van der Waals surface area contributed by atoms with Crippen LogP contribution in [0, 0.1) is 10.1 Å². The van der Waals surface area contributed by atoms with Crippen molar-refractivity contribution in [3.8, 4) is 0 Å². The molecule has 0 aliphatic rings. The van der Waals surface area contributed by atoms with Crippen molar-refractivity contribution < 1.29 is 4.92 Å². The summed E-state index contributed by atoms with van der Waals surface area (Å²) < 4.78 is 1.47. The lowest BCUT2D eigenvalue weighted by atomic mass is 10.1. The minimum absolute atomic E-state index is 0.121. The third-order valence-corrected chi connectivity index (χ3v) is 2.67. The van der Waals surface area contributed by atoms with Crippen LogP contribution in [0.2, 0.25) is 0 Å². The molecule has 3 N–H and O–H groups in total. The zero-order chi connectivity index (χ0) is 13.8. The molecule has 2 rings (SSSR count). The molecule has 0 aliphatic heterocycles. The van der Waals surface area contributed by atoms with Gasteiger partial charge in [-0.05, 0) is 17.7 Å². The average molecular weight is 260 g/mol. The van der Waals surface area contributed by atoms with Crippen molar-refractivity contribution in [2.75, 3.05) is 5.43 Å². The van der Waals surface area contributed by atoms with Gasteiger partial charge in [-0.15, -0.1) is 0 Å². The highest BCUT2D eigenvalue weighted by Crippen LogP contribution is 2.24. The van der Waals surface area contributed by atoms with Crippen LogP contribution in [-0.2, 0) is 6.54 Å². The van der Waals surface area contributed by atoms with Crippen LogP contribution < -0.4 is 16.8 Å². The van der Waals surface area contributed by atoms with Crippen LogP contribution in [0.25, 0.3) is 0 Å². The fourth-order valence-electron chi connectivity index (χ4n) is 1.74. The molecule has 0 unspecified atom stereocenters. The molecule has 0 saturated heterocycles. The molecule has 1 aromatic heterocycles. The quantitative estimate of drug-likeness (QED) is 0.486. The molecule has 2 aromatic rings. The summed E-state index contributed by atoms with van der Waals surface area (Å²) in [4.78, 5) is 21.9. The number of pyridine rings is 1. The topological polar surface area (TPSA) is 103 Å². The van der Waals surface area contributed by atoms with E-state index in [-0.39, 0.29) is 23.5 Å². The standard InChI is InChI=1S/C12H12N4O3/c13-14-10-5-4-9(7-11(10)16(18)19)8-15-6-2-1-3-12(15)17/h1-7,14H,8,13H2. The summed E-state index contributed by atoms with van der Waals surface area (Å²) in [6.07, 6.45) is 1.63. The minimum Gasteiger partial charge on any atom is -0.318 e. The zero-order valence-electron chi connectivity index (χ0n) is 9.95. The normalized spacial score (nSPS) is 10.2. The van der Waals surface area contributed by atoms with Crippen molar-refractivity contribution in [2.24, 2.45) is 5.84 Å². The third-order valence-electron chi connectivity index (χ3n) is 2.67. The highest BCUT2D eigenvalue weighted by molar-refractivity contribution is 5.61. The fraction of sp³-hybridized carbons (Fsp3) is 0.0833. The van der Waals surface area contributed by atoms with Gasteiger partial charge in [0.05, 0.1) is 11.5 Å². The first kappa shape index (κ1) is 12.8. The van der Waals surface area contributed by atoms with Crippen LogP contribution in [-0.4, -0.2) is 9.49 Å². The highest BCUT2D eigenvalue weighted by atomic mass is 16.6. The molecule has 0 fully saturated rings. The molecule has 7 heteroatoms. The summed E-state index contributed by atoms with van der Waals surface area (Å²) in [6, 6.07) is 9.40. The summed E-state index contributed by atoms with van der Waals surface area (Å²) in [5.41, 5.74) is 2.87. The van der Waals surface area contributed by atoms with Crippen LogP contribution in [0.1, 0.15) is 5.56 Å². The Morgan fingerprint density at radius 3 is 2.74 bits per heavy atom. The third kappa shape index (κ3) is 2.78. The first-order valence-electron chi connectivity index (χ1n) is 5.51. The van der Waals surface area contributed by atoms with Gasteiger partial charge < -0.3 is 9.99 Å². The summed E-state index contributed by atoms with van der Waals surface area (Å²) in [5.74, 6) is 5.21. The molecular formula is C12H12N4O3. The number of nitrogens with one attached hydrogen (secondary N) is 1. The van der Waals surface area contributed by atoms with Gasteiger partial charge in [0.2, 0.25) is 0 Å². The second-order valence-corrected chi connectivity index (χ2v) is 3.92. The molecule has 0 spiro atoms. The SMILES string of the molecule is NNc1ccc(Cn2ccccc2=O)cc1[N+](=O)[O-]. The number of anilines is 1. The first-order valence-corrected chi connectivity index (χ1v) is 5.51. The predicted molar refractivity (Wildman–Crippen MR) is 70.7 cm³/mol. The summed E-state index contributed by atoms with van der Waals surface area (Å²) in [6.45, 7) is 0.269. The van der Waals surface area contributed by atoms with E-state index in [0.29, 0.717) is 5.56 Å². The van der Waals surface area contributed by atoms with Gasteiger partial charge in [0, 0.05) is 18.3 Å². The van der Waals surface area contributed by atoms with Crippen molar-refractivity contribution in [3.05, 3.63) is 68.6 Å². The Labute approximate surface area is 108 Å². The van der Waals surface area contributed by atoms with Crippen LogP contribution >= 0.6 is 0 Å². The molecule has 7 nitrogen and oxygen atoms in total. The number of hydrazine groups is 1. The van der Waals surface area contributed by atoms with Gasteiger partial charge in [-0.25, -0.2) is 0 Å². The van der Waals surface area contributed by atoms with Gasteiger partial charge >= 0.3 is 0 Å². The van der Waals surface area contributed by atoms with Crippen molar-refractivity contribution in [2.45, 2.75) is 6.54 Å². The van der Waals surface area contributed by atoms with Gasteiger partial charge in [0.25, 0.3) is 11.2 Å². The Bertz CT molecular complexity index is 666. The molecule has 98 valence electrons. The lowest BCUT2D eigenvalue weighted by Crippen LogP contribution is -2.18. The number of benzene rings is 1. The lowest BCUT2D eigenvalue weighted by molar-refractivity contribution is -0.384. The molecule has 0 amide bonds. The van der Waals surface area contributed by atoms with Crippen LogP contribution in [0.4, 0.5) is 11.4 Å². The maximum Gasteiger partial charge on any atom is 0.293 e. The van der Waals surface area contributed by atoms with E-state index in [1.165, 1.54) is 22.8 Å². The summed E-state index contributed by atoms with van der Waals surface area (Å²) in [7, 11) is 0. The van der Waals surface area contributed by atoms with Gasteiger partial charge in [0.1, 0.15) is 5.69 Å². The molecule has 0 saturated carbocycles. The number of hydrogen-bond donors (Lipinski definition) is 2. The van der Waals surface area contributed by atoms with Gasteiger partial charge in [-0.3, -0.25) is 20.8 Å². The van der Waals surface area contributed by atoms with Crippen molar-refractivity contribution in [1.29, 1.82) is 0 Å². The predicted octanol–water partition coefficient (Wildman–Crippen LogP) is 1.09. The number of nitrogens with zero attached hydrogens (tertiary/aromatic N) is 2. The number of nitro benzene ring substituents is 1. The van der Waals surface area contributed by atoms with Crippen LogP contribution in [0.15, 0.2) is 47.4 Å². The Morgan fingerprint density at radius 2 is 2.11 bits per heavy atom. The van der Waals surface area contributed by atoms with Crippen molar-refractivity contribution in [3.63, 3.8) is 0 Å². The van der Waals surface area contributed by atoms with E-state index >= 15 is 0 Å². The van der Waals surface area contributed by atoms with Gasteiger partial charge in [0.15, 0.2) is 0 Å². The first-order chi connectivity index (χ1) is 9.11. The Hall–Kier alpha value is -2.67. The number of hydrogen-bond acceptors (Lipinski definition) is 5. The number of nitro groups is 1. The summed E-state index contributed by atoms with van der Waals surface area (Å²) in [5, 5.41) is 10.9. The fourth-order valence-corrected chi connectivity index (χ4v) is 1.74. The maximum absolute atomic E-state index is 11.6. The van der Waals surface area contributed by atoms with Crippen molar-refractivity contribution in [1.82, 2.24) is 4.57 Å². The van der Waals surface area contributed by atoms with E-state index in [1.54, 1.807) is 24.4 Å². The molecule has 0 bridgehead atoms. The summed E-state index contributed by atoms with van der Waals surface area (Å²) >= 11 is 0. The number of rotatable bonds is 4. The molecule has 0 aliphatic carbocycles. The zero-order valence-corrected chi connectivity index (χ0v) is 9.95. The largest absolute Gasteiger partial charge is 0.318 e. The molecule has 1 aromatic carbocycles. The number of nitrogens with two attached hydrogens (primary N) is 1. The van der Waals surface area contributed by atoms with E-state index in [0.717, 1.165) is 0 Å². The maximum atomic E-state index is 11.6. The minimum atomic E-state index is -0.521. The Kier molecular flexibility index (Phi) is 3.58.